The highest BCUT2D eigenvalue weighted by Gasteiger charge is 2.24. The molecule has 5 nitrogen and oxygen atoms in total. The Kier molecular flexibility index (Phi) is 4.29. The third kappa shape index (κ3) is 2.83. The molecule has 0 radical (unpaired) electrons. The van der Waals surface area contributed by atoms with Crippen LogP contribution in [0.5, 0.6) is 0 Å². The topological polar surface area (TPSA) is 76.4 Å². The zero-order chi connectivity index (χ0) is 14.0. The summed E-state index contributed by atoms with van der Waals surface area (Å²) < 4.78 is 0. The Hall–Kier alpha value is -1.30. The van der Waals surface area contributed by atoms with Gasteiger partial charge in [0.2, 0.25) is 5.91 Å². The monoisotopic (exact) mass is 301 g/mol. The van der Waals surface area contributed by atoms with Gasteiger partial charge in [0.05, 0.1) is 22.3 Å². The molecule has 0 aromatic heterocycles. The lowest BCUT2D eigenvalue weighted by molar-refractivity contribution is -0.134. The van der Waals surface area contributed by atoms with Gasteiger partial charge in [-0.05, 0) is 12.2 Å². The number of carbonyl (C=O) groups is 1. The van der Waals surface area contributed by atoms with Crippen LogP contribution in [0.2, 0.25) is 0 Å². The predicted molar refractivity (Wildman–Crippen MR) is 74.3 cm³/mol. The highest BCUT2D eigenvalue weighted by atomic mass is 35.5. The minimum Gasteiger partial charge on any atom is -0.387 e. The van der Waals surface area contributed by atoms with Crippen molar-refractivity contribution in [2.75, 3.05) is 26.2 Å². The number of aliphatic hydroxyl groups excluding tert-OH is 1. The fourth-order valence-corrected chi connectivity index (χ4v) is 2.29. The Balaban J connectivity index is 2.26. The van der Waals surface area contributed by atoms with E-state index in [2.05, 4.69) is 5.32 Å². The third-order valence-electron chi connectivity index (χ3n) is 2.98. The fraction of sp³-hybridized carbons (Fsp3) is 0.333. The SMILES string of the molecule is N=C1C(Cl)=C(Cl)C=C/C1=C1\CN(C(=O)CO)CCN1. The van der Waals surface area contributed by atoms with Crippen LogP contribution in [0.3, 0.4) is 0 Å². The molecule has 2 rings (SSSR count). The second kappa shape index (κ2) is 5.77. The normalized spacial score (nSPS) is 23.7. The molecule has 0 atom stereocenters. The number of aliphatic hydroxyl groups is 1. The van der Waals surface area contributed by atoms with E-state index in [4.69, 9.17) is 33.7 Å². The molecular weight excluding hydrogens is 289 g/mol. The van der Waals surface area contributed by atoms with Crippen molar-refractivity contribution >= 4 is 34.8 Å². The van der Waals surface area contributed by atoms with Gasteiger partial charge in [0.15, 0.2) is 0 Å². The summed E-state index contributed by atoms with van der Waals surface area (Å²) >= 11 is 11.8. The molecule has 0 saturated carbocycles. The average Bonchev–Trinajstić information content (AvgIpc) is 2.44. The summed E-state index contributed by atoms with van der Waals surface area (Å²) in [6.45, 7) is 0.907. The zero-order valence-electron chi connectivity index (χ0n) is 10.0. The van der Waals surface area contributed by atoms with Crippen molar-refractivity contribution in [2.24, 2.45) is 0 Å². The second-order valence-electron chi connectivity index (χ2n) is 4.16. The summed E-state index contributed by atoms with van der Waals surface area (Å²) in [4.78, 5) is 13.0. The van der Waals surface area contributed by atoms with E-state index in [9.17, 15) is 4.79 Å². The van der Waals surface area contributed by atoms with Gasteiger partial charge in [-0.3, -0.25) is 10.2 Å². The molecule has 0 bridgehead atoms. The lowest BCUT2D eigenvalue weighted by atomic mass is 10.0. The molecule has 1 saturated heterocycles. The first-order valence-corrected chi connectivity index (χ1v) is 6.48. The molecule has 2 aliphatic rings. The average molecular weight is 302 g/mol. The number of halogens is 2. The molecule has 1 aliphatic heterocycles. The Labute approximate surface area is 120 Å². The van der Waals surface area contributed by atoms with Crippen LogP contribution in [-0.2, 0) is 4.79 Å². The Morgan fingerprint density at radius 3 is 2.89 bits per heavy atom. The molecule has 102 valence electrons. The number of rotatable bonds is 1. The highest BCUT2D eigenvalue weighted by Crippen LogP contribution is 2.27. The van der Waals surface area contributed by atoms with Crippen molar-refractivity contribution in [3.63, 3.8) is 0 Å². The maximum absolute atomic E-state index is 11.5. The van der Waals surface area contributed by atoms with Gasteiger partial charge in [0.1, 0.15) is 6.61 Å². The van der Waals surface area contributed by atoms with E-state index in [1.807, 2.05) is 0 Å². The standard InChI is InChI=1S/C12H13Cl2N3O2/c13-8-2-1-7(12(15)11(8)14)9-5-17(4-3-16-9)10(19)6-18/h1-2,15-16,18H,3-6H2/b9-7-,15-12?. The van der Waals surface area contributed by atoms with E-state index in [-0.39, 0.29) is 16.7 Å². The van der Waals surface area contributed by atoms with Crippen LogP contribution < -0.4 is 5.32 Å². The van der Waals surface area contributed by atoms with Crippen molar-refractivity contribution in [2.45, 2.75) is 0 Å². The Bertz CT molecular complexity index is 523. The number of amides is 1. The second-order valence-corrected chi connectivity index (χ2v) is 4.95. The lowest BCUT2D eigenvalue weighted by Gasteiger charge is -2.31. The van der Waals surface area contributed by atoms with Crippen molar-refractivity contribution in [1.82, 2.24) is 10.2 Å². The van der Waals surface area contributed by atoms with Crippen LogP contribution in [0.15, 0.2) is 33.5 Å². The number of nitrogens with one attached hydrogen (secondary N) is 2. The lowest BCUT2D eigenvalue weighted by Crippen LogP contribution is -2.47. The van der Waals surface area contributed by atoms with E-state index in [1.54, 1.807) is 12.2 Å². The Morgan fingerprint density at radius 1 is 1.47 bits per heavy atom. The first-order chi connectivity index (χ1) is 9.04. The quantitative estimate of drug-likeness (QED) is 0.675. The molecule has 1 amide bonds. The largest absolute Gasteiger partial charge is 0.387 e. The number of hydrogen-bond donors (Lipinski definition) is 3. The molecular formula is C12H13Cl2N3O2. The molecule has 1 aliphatic carbocycles. The summed E-state index contributed by atoms with van der Waals surface area (Å²) in [6.07, 6.45) is 3.32. The summed E-state index contributed by atoms with van der Waals surface area (Å²) in [5.74, 6) is -0.328. The Morgan fingerprint density at radius 2 is 2.21 bits per heavy atom. The van der Waals surface area contributed by atoms with Crippen molar-refractivity contribution in [1.29, 1.82) is 5.41 Å². The number of allylic oxidation sites excluding steroid dienone is 5. The van der Waals surface area contributed by atoms with Gasteiger partial charge >= 0.3 is 0 Å². The molecule has 0 aromatic carbocycles. The number of carbonyl (C=O) groups excluding carboxylic acids is 1. The van der Waals surface area contributed by atoms with E-state index in [1.165, 1.54) is 4.90 Å². The van der Waals surface area contributed by atoms with Crippen molar-refractivity contribution < 1.29 is 9.90 Å². The molecule has 0 spiro atoms. The third-order valence-corrected chi connectivity index (χ3v) is 3.78. The van der Waals surface area contributed by atoms with E-state index < -0.39 is 6.61 Å². The smallest absolute Gasteiger partial charge is 0.248 e. The van der Waals surface area contributed by atoms with Gasteiger partial charge in [-0.1, -0.05) is 23.2 Å². The van der Waals surface area contributed by atoms with Gasteiger partial charge < -0.3 is 15.3 Å². The van der Waals surface area contributed by atoms with Gasteiger partial charge in [-0.15, -0.1) is 0 Å². The van der Waals surface area contributed by atoms with Crippen LogP contribution in [0, 0.1) is 5.41 Å². The van der Waals surface area contributed by atoms with E-state index in [0.717, 1.165) is 5.70 Å². The van der Waals surface area contributed by atoms with Crippen LogP contribution in [0.25, 0.3) is 0 Å². The number of nitrogens with zero attached hydrogens (tertiary/aromatic N) is 1. The summed E-state index contributed by atoms with van der Waals surface area (Å²) in [5, 5.41) is 20.5. The summed E-state index contributed by atoms with van der Waals surface area (Å²) in [5.41, 5.74) is 1.48. The first-order valence-electron chi connectivity index (χ1n) is 5.73. The number of piperazine rings is 1. The molecule has 7 heteroatoms. The molecule has 19 heavy (non-hydrogen) atoms. The van der Waals surface area contributed by atoms with Crippen LogP contribution >= 0.6 is 23.2 Å². The predicted octanol–water partition coefficient (Wildman–Crippen LogP) is 0.943. The highest BCUT2D eigenvalue weighted by molar-refractivity contribution is 6.52. The van der Waals surface area contributed by atoms with Gasteiger partial charge in [0.25, 0.3) is 0 Å². The molecule has 0 aromatic rings. The van der Waals surface area contributed by atoms with Crippen LogP contribution in [-0.4, -0.2) is 47.9 Å². The van der Waals surface area contributed by atoms with Crippen LogP contribution in [0.1, 0.15) is 0 Å². The molecule has 1 heterocycles. The van der Waals surface area contributed by atoms with Crippen molar-refractivity contribution in [3.8, 4) is 0 Å². The minimum absolute atomic E-state index is 0.134. The minimum atomic E-state index is -0.512. The van der Waals surface area contributed by atoms with Gasteiger partial charge in [-0.2, -0.15) is 0 Å². The zero-order valence-corrected chi connectivity index (χ0v) is 11.6. The van der Waals surface area contributed by atoms with Crippen LogP contribution in [0.4, 0.5) is 0 Å². The molecule has 3 N–H and O–H groups in total. The first kappa shape index (κ1) is 14.1. The maximum atomic E-state index is 11.5. The van der Waals surface area contributed by atoms with Gasteiger partial charge in [-0.25, -0.2) is 0 Å². The summed E-state index contributed by atoms with van der Waals surface area (Å²) in [7, 11) is 0. The summed E-state index contributed by atoms with van der Waals surface area (Å²) in [6, 6.07) is 0. The van der Waals surface area contributed by atoms with E-state index in [0.29, 0.717) is 30.2 Å². The molecule has 0 unspecified atom stereocenters. The van der Waals surface area contributed by atoms with E-state index >= 15 is 0 Å². The number of hydrogen-bond acceptors (Lipinski definition) is 4. The maximum Gasteiger partial charge on any atom is 0.248 e. The van der Waals surface area contributed by atoms with Crippen molar-refractivity contribution in [3.05, 3.63) is 33.5 Å². The fourth-order valence-electron chi connectivity index (χ4n) is 1.96. The molecule has 1 fully saturated rings. The van der Waals surface area contributed by atoms with Gasteiger partial charge in [0, 0.05) is 24.4 Å².